The molecule has 9 heteroatoms. The predicted molar refractivity (Wildman–Crippen MR) is 69.5 cm³/mol. The monoisotopic (exact) mass is 320 g/mol. The van der Waals surface area contributed by atoms with Gasteiger partial charge in [0.15, 0.2) is 6.61 Å². The first-order chi connectivity index (χ1) is 10.0. The van der Waals surface area contributed by atoms with Crippen LogP contribution in [0.5, 0.6) is 5.88 Å². The SMILES string of the molecule is CC(C)(CNC(=O)c1cccc(OCC(F)(F)F)n1)C(=O)O. The number of carbonyl (C=O) groups excluding carboxylic acids is 1. The van der Waals surface area contributed by atoms with Crippen molar-refractivity contribution in [1.82, 2.24) is 10.3 Å². The van der Waals surface area contributed by atoms with Gasteiger partial charge in [0.2, 0.25) is 5.88 Å². The minimum absolute atomic E-state index is 0.156. The molecule has 0 spiro atoms. The maximum absolute atomic E-state index is 12.0. The number of pyridine rings is 1. The Morgan fingerprint density at radius 2 is 1.95 bits per heavy atom. The molecule has 0 fully saturated rings. The van der Waals surface area contributed by atoms with Gasteiger partial charge in [-0.2, -0.15) is 13.2 Å². The molecule has 1 aromatic rings. The van der Waals surface area contributed by atoms with Gasteiger partial charge in [-0.05, 0) is 19.9 Å². The molecule has 0 atom stereocenters. The summed E-state index contributed by atoms with van der Waals surface area (Å²) >= 11 is 0. The average Bonchev–Trinajstić information content (AvgIpc) is 2.42. The molecule has 0 saturated carbocycles. The Morgan fingerprint density at radius 3 is 2.50 bits per heavy atom. The van der Waals surface area contributed by atoms with Crippen molar-refractivity contribution < 1.29 is 32.6 Å². The molecule has 0 aliphatic rings. The summed E-state index contributed by atoms with van der Waals surface area (Å²) in [5.41, 5.74) is -1.35. The largest absolute Gasteiger partial charge is 0.481 e. The number of rotatable bonds is 6. The molecular formula is C13H15F3N2O4. The van der Waals surface area contributed by atoms with Gasteiger partial charge in [0.05, 0.1) is 5.41 Å². The van der Waals surface area contributed by atoms with Crippen molar-refractivity contribution in [3.63, 3.8) is 0 Å². The Morgan fingerprint density at radius 1 is 1.32 bits per heavy atom. The molecule has 0 aliphatic heterocycles. The third kappa shape index (κ3) is 5.58. The Hall–Kier alpha value is -2.32. The highest BCUT2D eigenvalue weighted by Crippen LogP contribution is 2.17. The number of nitrogens with zero attached hydrogens (tertiary/aromatic N) is 1. The van der Waals surface area contributed by atoms with E-state index in [-0.39, 0.29) is 18.1 Å². The minimum atomic E-state index is -4.51. The summed E-state index contributed by atoms with van der Waals surface area (Å²) in [5, 5.41) is 11.3. The van der Waals surface area contributed by atoms with Crippen molar-refractivity contribution in [3.05, 3.63) is 23.9 Å². The average molecular weight is 320 g/mol. The fourth-order valence-electron chi connectivity index (χ4n) is 1.24. The highest BCUT2D eigenvalue weighted by Gasteiger charge is 2.29. The number of carbonyl (C=O) groups is 2. The third-order valence-corrected chi connectivity index (χ3v) is 2.61. The van der Waals surface area contributed by atoms with E-state index in [1.807, 2.05) is 0 Å². The summed E-state index contributed by atoms with van der Waals surface area (Å²) in [5.74, 6) is -2.14. The number of hydrogen-bond acceptors (Lipinski definition) is 4. The highest BCUT2D eigenvalue weighted by molar-refractivity contribution is 5.92. The van der Waals surface area contributed by atoms with Gasteiger partial charge in [-0.3, -0.25) is 9.59 Å². The number of carboxylic acid groups (broad SMARTS) is 1. The van der Waals surface area contributed by atoms with E-state index in [0.717, 1.165) is 0 Å². The molecule has 1 rings (SSSR count). The van der Waals surface area contributed by atoms with Crippen LogP contribution >= 0.6 is 0 Å². The van der Waals surface area contributed by atoms with Crippen molar-refractivity contribution in [3.8, 4) is 5.88 Å². The first-order valence-electron chi connectivity index (χ1n) is 6.19. The van der Waals surface area contributed by atoms with E-state index in [4.69, 9.17) is 5.11 Å². The van der Waals surface area contributed by atoms with Crippen LogP contribution in [0.4, 0.5) is 13.2 Å². The van der Waals surface area contributed by atoms with Crippen molar-refractivity contribution in [2.45, 2.75) is 20.0 Å². The summed E-state index contributed by atoms with van der Waals surface area (Å²) in [6.45, 7) is 1.17. The molecule has 0 saturated heterocycles. The standard InChI is InChI=1S/C13H15F3N2O4/c1-12(2,11(20)21)6-17-10(19)8-4-3-5-9(18-8)22-7-13(14,15)16/h3-5H,6-7H2,1-2H3,(H,17,19)(H,20,21). The maximum atomic E-state index is 12.0. The van der Waals surface area contributed by atoms with Crippen molar-refractivity contribution in [1.29, 1.82) is 0 Å². The van der Waals surface area contributed by atoms with Gasteiger partial charge in [-0.15, -0.1) is 0 Å². The van der Waals surface area contributed by atoms with Crippen LogP contribution in [0.2, 0.25) is 0 Å². The topological polar surface area (TPSA) is 88.5 Å². The summed E-state index contributed by atoms with van der Waals surface area (Å²) in [6.07, 6.45) is -4.51. The second-order valence-electron chi connectivity index (χ2n) is 5.14. The Kier molecular flexibility index (Phi) is 5.34. The van der Waals surface area contributed by atoms with Gasteiger partial charge in [0, 0.05) is 12.6 Å². The molecule has 2 N–H and O–H groups in total. The first kappa shape index (κ1) is 17.7. The summed E-state index contributed by atoms with van der Waals surface area (Å²) in [7, 11) is 0. The number of aliphatic carboxylic acids is 1. The van der Waals surface area contributed by atoms with Crippen LogP contribution < -0.4 is 10.1 Å². The number of alkyl halides is 3. The van der Waals surface area contributed by atoms with E-state index >= 15 is 0 Å². The van der Waals surface area contributed by atoms with Crippen LogP contribution in [0.1, 0.15) is 24.3 Å². The smallest absolute Gasteiger partial charge is 0.422 e. The van der Waals surface area contributed by atoms with Crippen molar-refractivity contribution in [2.75, 3.05) is 13.2 Å². The molecule has 122 valence electrons. The fourth-order valence-corrected chi connectivity index (χ4v) is 1.24. The van der Waals surface area contributed by atoms with Gasteiger partial charge >= 0.3 is 12.1 Å². The second-order valence-corrected chi connectivity index (χ2v) is 5.14. The van der Waals surface area contributed by atoms with Gasteiger partial charge in [0.1, 0.15) is 5.69 Å². The van der Waals surface area contributed by atoms with Crippen LogP contribution in [0.3, 0.4) is 0 Å². The van der Waals surface area contributed by atoms with E-state index in [1.54, 1.807) is 0 Å². The molecule has 0 bridgehead atoms. The molecular weight excluding hydrogens is 305 g/mol. The number of hydrogen-bond donors (Lipinski definition) is 2. The van der Waals surface area contributed by atoms with Gasteiger partial charge < -0.3 is 15.2 Å². The number of halogens is 3. The molecule has 22 heavy (non-hydrogen) atoms. The van der Waals surface area contributed by atoms with E-state index in [0.29, 0.717) is 0 Å². The number of carboxylic acids is 1. The molecule has 0 aromatic carbocycles. The molecule has 6 nitrogen and oxygen atoms in total. The minimum Gasteiger partial charge on any atom is -0.481 e. The van der Waals surface area contributed by atoms with Crippen molar-refractivity contribution >= 4 is 11.9 Å². The predicted octanol–water partition coefficient (Wildman–Crippen LogP) is 1.86. The number of nitrogens with one attached hydrogen (secondary N) is 1. The van der Waals surface area contributed by atoms with E-state index < -0.39 is 30.1 Å². The van der Waals surface area contributed by atoms with Crippen LogP contribution in [0.25, 0.3) is 0 Å². The number of ether oxygens (including phenoxy) is 1. The molecule has 0 unspecified atom stereocenters. The van der Waals surface area contributed by atoms with Crippen LogP contribution in [0.15, 0.2) is 18.2 Å². The van der Waals surface area contributed by atoms with E-state index in [2.05, 4.69) is 15.0 Å². The lowest BCUT2D eigenvalue weighted by Crippen LogP contribution is -2.39. The Bertz CT molecular complexity index is 558. The zero-order valence-corrected chi connectivity index (χ0v) is 11.9. The fraction of sp³-hybridized carbons (Fsp3) is 0.462. The Balaban J connectivity index is 2.69. The third-order valence-electron chi connectivity index (χ3n) is 2.61. The van der Waals surface area contributed by atoms with E-state index in [1.165, 1.54) is 32.0 Å². The highest BCUT2D eigenvalue weighted by atomic mass is 19.4. The van der Waals surface area contributed by atoms with Crippen LogP contribution in [-0.4, -0.2) is 41.3 Å². The lowest BCUT2D eigenvalue weighted by atomic mass is 9.94. The van der Waals surface area contributed by atoms with Gasteiger partial charge in [-0.1, -0.05) is 6.07 Å². The molecule has 0 aliphatic carbocycles. The molecule has 1 amide bonds. The zero-order valence-electron chi connectivity index (χ0n) is 11.9. The summed E-state index contributed by atoms with van der Waals surface area (Å²) in [6, 6.07) is 3.78. The zero-order chi connectivity index (χ0) is 17.0. The van der Waals surface area contributed by atoms with Crippen LogP contribution in [0, 0.1) is 5.41 Å². The molecule has 1 heterocycles. The van der Waals surface area contributed by atoms with Crippen LogP contribution in [-0.2, 0) is 4.79 Å². The summed E-state index contributed by atoms with van der Waals surface area (Å²) < 4.78 is 40.6. The van der Waals surface area contributed by atoms with Gasteiger partial charge in [0.25, 0.3) is 5.91 Å². The quantitative estimate of drug-likeness (QED) is 0.835. The summed E-state index contributed by atoms with van der Waals surface area (Å²) in [4.78, 5) is 26.4. The number of amides is 1. The van der Waals surface area contributed by atoms with E-state index in [9.17, 15) is 22.8 Å². The maximum Gasteiger partial charge on any atom is 0.422 e. The lowest BCUT2D eigenvalue weighted by Gasteiger charge is -2.19. The van der Waals surface area contributed by atoms with Crippen molar-refractivity contribution in [2.24, 2.45) is 5.41 Å². The Labute approximate surface area is 124 Å². The second kappa shape index (κ2) is 6.63. The number of aromatic nitrogens is 1. The molecule has 0 radical (unpaired) electrons. The lowest BCUT2D eigenvalue weighted by molar-refractivity contribution is -0.154. The molecule has 1 aromatic heterocycles. The first-order valence-corrected chi connectivity index (χ1v) is 6.19. The normalized spacial score (nSPS) is 11.9. The van der Waals surface area contributed by atoms with Gasteiger partial charge in [-0.25, -0.2) is 4.98 Å².